The molecule has 32 heavy (non-hydrogen) atoms. The summed E-state index contributed by atoms with van der Waals surface area (Å²) < 4.78 is 5.83. The number of hydrogen-bond acceptors (Lipinski definition) is 4. The van der Waals surface area contributed by atoms with Gasteiger partial charge in [0.1, 0.15) is 5.75 Å². The summed E-state index contributed by atoms with van der Waals surface area (Å²) in [6.45, 7) is 8.93. The minimum absolute atomic E-state index is 0.00956. The van der Waals surface area contributed by atoms with Crippen LogP contribution in [-0.2, 0) is 4.79 Å². The van der Waals surface area contributed by atoms with Gasteiger partial charge in [-0.15, -0.1) is 0 Å². The minimum Gasteiger partial charge on any atom is -0.481 e. The van der Waals surface area contributed by atoms with E-state index in [1.807, 2.05) is 17.0 Å². The van der Waals surface area contributed by atoms with Gasteiger partial charge in [-0.25, -0.2) is 0 Å². The highest BCUT2D eigenvalue weighted by molar-refractivity contribution is 6.30. The number of amides is 1. The molecular formula is C25H29ClN4O2. The van der Waals surface area contributed by atoms with Crippen molar-refractivity contribution < 1.29 is 9.53 Å². The maximum absolute atomic E-state index is 13.0. The second-order valence-corrected chi connectivity index (χ2v) is 8.76. The van der Waals surface area contributed by atoms with Gasteiger partial charge in [0.05, 0.1) is 5.69 Å². The van der Waals surface area contributed by atoms with E-state index in [0.717, 1.165) is 36.6 Å². The monoisotopic (exact) mass is 452 g/mol. The summed E-state index contributed by atoms with van der Waals surface area (Å²) in [6.07, 6.45) is 0.309. The summed E-state index contributed by atoms with van der Waals surface area (Å²) in [5.41, 5.74) is 4.67. The molecule has 1 aromatic heterocycles. The molecule has 1 fully saturated rings. The van der Waals surface area contributed by atoms with Gasteiger partial charge >= 0.3 is 0 Å². The molecule has 7 heteroatoms. The van der Waals surface area contributed by atoms with Crippen LogP contribution in [0.4, 0.5) is 5.82 Å². The summed E-state index contributed by atoms with van der Waals surface area (Å²) in [4.78, 5) is 17.1. The number of H-pyrrole nitrogens is 1. The normalized spacial score (nSPS) is 15.4. The van der Waals surface area contributed by atoms with Crippen molar-refractivity contribution in [3.63, 3.8) is 0 Å². The zero-order valence-corrected chi connectivity index (χ0v) is 19.5. The number of rotatable bonds is 5. The standard InChI is InChI=1S/C25H29ClN4O2/c1-17-8-9-20(14-18(17)2)23-16-24(28-27-23)29-10-5-11-30(13-12-29)25(31)19(3)32-22-7-4-6-21(26)15-22/h4,6-9,14-16,19H,5,10-13H2,1-3H3,(H,27,28)/t19-/m0/s1. The van der Waals surface area contributed by atoms with E-state index in [1.165, 1.54) is 11.1 Å². The lowest BCUT2D eigenvalue weighted by atomic mass is 10.0. The van der Waals surface area contributed by atoms with Gasteiger partial charge < -0.3 is 14.5 Å². The second kappa shape index (κ2) is 9.65. The number of benzene rings is 2. The number of carbonyl (C=O) groups excluding carboxylic acids is 1. The van der Waals surface area contributed by atoms with Crippen LogP contribution < -0.4 is 9.64 Å². The Morgan fingerprint density at radius 1 is 1.06 bits per heavy atom. The lowest BCUT2D eigenvalue weighted by molar-refractivity contribution is -0.137. The number of halogens is 1. The van der Waals surface area contributed by atoms with Crippen molar-refractivity contribution in [2.45, 2.75) is 33.3 Å². The zero-order chi connectivity index (χ0) is 22.7. The Morgan fingerprint density at radius 2 is 1.91 bits per heavy atom. The molecule has 1 atom stereocenters. The number of anilines is 1. The highest BCUT2D eigenvalue weighted by Crippen LogP contribution is 2.25. The number of aryl methyl sites for hydroxylation is 2. The van der Waals surface area contributed by atoms with Crippen LogP contribution in [0.5, 0.6) is 5.75 Å². The molecule has 4 rings (SSSR count). The molecule has 0 radical (unpaired) electrons. The number of ether oxygens (including phenoxy) is 1. The molecule has 6 nitrogen and oxygen atoms in total. The molecule has 168 valence electrons. The van der Waals surface area contributed by atoms with Crippen molar-refractivity contribution in [3.8, 4) is 17.0 Å². The van der Waals surface area contributed by atoms with Crippen molar-refractivity contribution in [2.24, 2.45) is 0 Å². The van der Waals surface area contributed by atoms with Gasteiger partial charge in [0.2, 0.25) is 0 Å². The Bertz CT molecular complexity index is 1100. The topological polar surface area (TPSA) is 61.5 Å². The molecular weight excluding hydrogens is 424 g/mol. The quantitative estimate of drug-likeness (QED) is 0.601. The van der Waals surface area contributed by atoms with Gasteiger partial charge in [0.25, 0.3) is 5.91 Å². The predicted molar refractivity (Wildman–Crippen MR) is 128 cm³/mol. The molecule has 1 saturated heterocycles. The molecule has 0 spiro atoms. The average Bonchev–Trinajstić information content (AvgIpc) is 3.13. The Labute approximate surface area is 194 Å². The molecule has 0 bridgehead atoms. The molecule has 2 heterocycles. The molecule has 0 aliphatic carbocycles. The first kappa shape index (κ1) is 22.2. The fraction of sp³-hybridized carbons (Fsp3) is 0.360. The highest BCUT2D eigenvalue weighted by Gasteiger charge is 2.25. The molecule has 0 saturated carbocycles. The van der Waals surface area contributed by atoms with Crippen LogP contribution in [0.2, 0.25) is 5.02 Å². The largest absolute Gasteiger partial charge is 0.481 e. The van der Waals surface area contributed by atoms with Crippen LogP contribution in [0, 0.1) is 13.8 Å². The third-order valence-electron chi connectivity index (χ3n) is 5.97. The maximum atomic E-state index is 13.0. The summed E-state index contributed by atoms with van der Waals surface area (Å²) in [7, 11) is 0. The maximum Gasteiger partial charge on any atom is 0.263 e. The van der Waals surface area contributed by atoms with E-state index >= 15 is 0 Å². The van der Waals surface area contributed by atoms with Crippen LogP contribution >= 0.6 is 11.6 Å². The van der Waals surface area contributed by atoms with Crippen molar-refractivity contribution in [1.29, 1.82) is 0 Å². The molecule has 1 N–H and O–H groups in total. The van der Waals surface area contributed by atoms with Gasteiger partial charge in [0.15, 0.2) is 11.9 Å². The first-order chi connectivity index (χ1) is 15.4. The molecule has 0 unspecified atom stereocenters. The zero-order valence-electron chi connectivity index (χ0n) is 18.8. The number of nitrogens with zero attached hydrogens (tertiary/aromatic N) is 3. The summed E-state index contributed by atoms with van der Waals surface area (Å²) >= 11 is 6.02. The second-order valence-electron chi connectivity index (χ2n) is 8.32. The lowest BCUT2D eigenvalue weighted by Crippen LogP contribution is -2.42. The van der Waals surface area contributed by atoms with E-state index in [4.69, 9.17) is 16.3 Å². The predicted octanol–water partition coefficient (Wildman–Crippen LogP) is 4.85. The molecule has 1 aliphatic rings. The van der Waals surface area contributed by atoms with Crippen LogP contribution in [0.25, 0.3) is 11.3 Å². The van der Waals surface area contributed by atoms with Gasteiger partial charge in [-0.1, -0.05) is 29.8 Å². The van der Waals surface area contributed by atoms with E-state index in [9.17, 15) is 4.79 Å². The smallest absolute Gasteiger partial charge is 0.263 e. The van der Waals surface area contributed by atoms with Gasteiger partial charge in [-0.05, 0) is 68.1 Å². The van der Waals surface area contributed by atoms with Crippen LogP contribution in [0.15, 0.2) is 48.5 Å². The highest BCUT2D eigenvalue weighted by atomic mass is 35.5. The summed E-state index contributed by atoms with van der Waals surface area (Å²) in [5, 5.41) is 8.30. The molecule has 2 aromatic carbocycles. The first-order valence-corrected chi connectivity index (χ1v) is 11.4. The Kier molecular flexibility index (Phi) is 6.70. The molecule has 1 amide bonds. The van der Waals surface area contributed by atoms with Crippen molar-refractivity contribution in [3.05, 3.63) is 64.7 Å². The fourth-order valence-electron chi connectivity index (χ4n) is 3.95. The Morgan fingerprint density at radius 3 is 2.69 bits per heavy atom. The minimum atomic E-state index is -0.568. The van der Waals surface area contributed by atoms with Gasteiger partial charge in [0, 0.05) is 37.3 Å². The number of nitrogens with one attached hydrogen (secondary N) is 1. The Hall–Kier alpha value is -2.99. The molecule has 1 aliphatic heterocycles. The van der Waals surface area contributed by atoms with E-state index < -0.39 is 6.10 Å². The number of aromatic nitrogens is 2. The van der Waals surface area contributed by atoms with E-state index in [-0.39, 0.29) is 5.91 Å². The number of hydrogen-bond donors (Lipinski definition) is 1. The lowest BCUT2D eigenvalue weighted by Gasteiger charge is -2.25. The van der Waals surface area contributed by atoms with Crippen molar-refractivity contribution in [2.75, 3.05) is 31.1 Å². The third kappa shape index (κ3) is 5.07. The SMILES string of the molecule is Cc1ccc(-c2cc(N3CCCN(C(=O)[C@H](C)Oc4cccc(Cl)c4)CC3)n[nH]2)cc1C. The van der Waals surface area contributed by atoms with Crippen molar-refractivity contribution in [1.82, 2.24) is 15.1 Å². The fourth-order valence-corrected chi connectivity index (χ4v) is 4.13. The number of aromatic amines is 1. The van der Waals surface area contributed by atoms with Crippen LogP contribution in [0.1, 0.15) is 24.5 Å². The summed E-state index contributed by atoms with van der Waals surface area (Å²) in [6, 6.07) is 15.6. The van der Waals surface area contributed by atoms with Gasteiger partial charge in [-0.3, -0.25) is 9.89 Å². The van der Waals surface area contributed by atoms with E-state index in [2.05, 4.69) is 53.2 Å². The van der Waals surface area contributed by atoms with Gasteiger partial charge in [-0.2, -0.15) is 5.10 Å². The van der Waals surface area contributed by atoms with Crippen LogP contribution in [-0.4, -0.2) is 53.3 Å². The summed E-state index contributed by atoms with van der Waals surface area (Å²) in [5.74, 6) is 1.51. The Balaban J connectivity index is 1.38. The van der Waals surface area contributed by atoms with E-state index in [1.54, 1.807) is 19.1 Å². The number of carbonyl (C=O) groups is 1. The molecule has 3 aromatic rings. The van der Waals surface area contributed by atoms with E-state index in [0.29, 0.717) is 23.9 Å². The van der Waals surface area contributed by atoms with Crippen LogP contribution in [0.3, 0.4) is 0 Å². The van der Waals surface area contributed by atoms with Crippen molar-refractivity contribution >= 4 is 23.3 Å². The average molecular weight is 453 g/mol. The first-order valence-electron chi connectivity index (χ1n) is 11.0. The third-order valence-corrected chi connectivity index (χ3v) is 6.21.